The fourth-order valence-electron chi connectivity index (χ4n) is 9.87. The third-order valence-electron chi connectivity index (χ3n) is 14.2. The van der Waals surface area contributed by atoms with Crippen molar-refractivity contribution in [1.29, 1.82) is 0 Å². The molecule has 0 bridgehead atoms. The normalized spacial score (nSPS) is 10.9. The SMILES string of the molecule is Cc1ccc(C(=O)Cc2cccc3ccc(C)nc23)cc1.Cc1ccc2cccc(CC(=O)c3cc4ccccc4s3)c2n1.Cc1ccc2cccc(CC(=O)c3ccc(Br)s3)c2n1.Cc1cccc(C(=O)Cc2cccc3cccnc23)c1. The van der Waals surface area contributed by atoms with Crippen LogP contribution in [0.5, 0.6) is 0 Å². The monoisotopic (exact) mass is 1200 g/mol. The zero-order valence-electron chi connectivity index (χ0n) is 47.2. The van der Waals surface area contributed by atoms with E-state index in [0.717, 1.165) is 129 Å². The largest absolute Gasteiger partial charge is 0.294 e. The molecule has 0 fully saturated rings. The number of fused-ring (bicyclic) bond motifs is 5. The number of carbonyl (C=O) groups is 4. The van der Waals surface area contributed by atoms with Crippen LogP contribution in [0.15, 0.2) is 222 Å². The van der Waals surface area contributed by atoms with Crippen LogP contribution in [0, 0.1) is 34.6 Å². The highest BCUT2D eigenvalue weighted by atomic mass is 79.9. The molecule has 0 radical (unpaired) electrons. The van der Waals surface area contributed by atoms with Gasteiger partial charge >= 0.3 is 0 Å². The first-order valence-electron chi connectivity index (χ1n) is 27.6. The summed E-state index contributed by atoms with van der Waals surface area (Å²) < 4.78 is 2.13. The third-order valence-corrected chi connectivity index (χ3v) is 17.0. The van der Waals surface area contributed by atoms with Gasteiger partial charge in [0.25, 0.3) is 0 Å². The Morgan fingerprint density at radius 3 is 1.32 bits per heavy atom. The van der Waals surface area contributed by atoms with Gasteiger partial charge < -0.3 is 0 Å². The fourth-order valence-corrected chi connectivity index (χ4v) is 12.2. The average Bonchev–Trinajstić information content (AvgIpc) is 3.88. The number of Topliss-reactive ketones (excluding diaryl/α,β-unsaturated/α-hetero) is 4. The lowest BCUT2D eigenvalue weighted by molar-refractivity contribution is 0.0985. The van der Waals surface area contributed by atoms with E-state index in [2.05, 4.69) is 54.1 Å². The molecule has 0 saturated heterocycles. The minimum atomic E-state index is 0.130. The molecule has 0 aliphatic carbocycles. The van der Waals surface area contributed by atoms with Crippen LogP contribution in [0.2, 0.25) is 0 Å². The molecule has 6 heterocycles. The average molecular weight is 1200 g/mol. The van der Waals surface area contributed by atoms with Gasteiger partial charge in [-0.15, -0.1) is 22.7 Å². The predicted molar refractivity (Wildman–Crippen MR) is 350 cm³/mol. The number of ketones is 4. The second kappa shape index (κ2) is 26.9. The molecule has 414 valence electrons. The maximum atomic E-state index is 12.7. The van der Waals surface area contributed by atoms with Gasteiger partial charge in [0.1, 0.15) is 0 Å². The summed E-state index contributed by atoms with van der Waals surface area (Å²) in [6.07, 6.45) is 3.32. The quantitative estimate of drug-likeness (QED) is 0.111. The van der Waals surface area contributed by atoms with E-state index in [1.54, 1.807) is 17.5 Å². The first-order valence-corrected chi connectivity index (χ1v) is 30.0. The molecule has 0 amide bonds. The molecule has 0 N–H and O–H groups in total. The highest BCUT2D eigenvalue weighted by molar-refractivity contribution is 9.11. The lowest BCUT2D eigenvalue weighted by Gasteiger charge is -2.06. The van der Waals surface area contributed by atoms with Crippen molar-refractivity contribution < 1.29 is 19.2 Å². The Morgan fingerprint density at radius 1 is 0.357 bits per heavy atom. The van der Waals surface area contributed by atoms with E-state index in [1.807, 2.05) is 229 Å². The Bertz CT molecular complexity index is 4530. The van der Waals surface area contributed by atoms with Crippen molar-refractivity contribution in [3.8, 4) is 0 Å². The Kier molecular flexibility index (Phi) is 18.7. The number of benzene rings is 7. The lowest BCUT2D eigenvalue weighted by Crippen LogP contribution is -2.04. The molecule has 0 aliphatic heterocycles. The topological polar surface area (TPSA) is 120 Å². The maximum absolute atomic E-state index is 12.7. The van der Waals surface area contributed by atoms with Gasteiger partial charge in [-0.3, -0.25) is 39.1 Å². The molecular formula is C73H59BrN4O4S2. The summed E-state index contributed by atoms with van der Waals surface area (Å²) in [7, 11) is 0. The molecule has 0 atom stereocenters. The molecule has 13 rings (SSSR count). The smallest absolute Gasteiger partial charge is 0.177 e. The summed E-state index contributed by atoms with van der Waals surface area (Å²) in [6.45, 7) is 9.93. The highest BCUT2D eigenvalue weighted by Gasteiger charge is 2.16. The molecule has 0 aliphatic rings. The summed E-state index contributed by atoms with van der Waals surface area (Å²) in [4.78, 5) is 69.6. The summed E-state index contributed by atoms with van der Waals surface area (Å²) in [6, 6.07) is 69.4. The molecular weight excluding hydrogens is 1140 g/mol. The molecule has 7 aromatic carbocycles. The zero-order chi connectivity index (χ0) is 58.7. The number of thiophene rings is 2. The number of halogens is 1. The number of aryl methyl sites for hydroxylation is 5. The van der Waals surface area contributed by atoms with Crippen LogP contribution in [-0.4, -0.2) is 43.1 Å². The van der Waals surface area contributed by atoms with Gasteiger partial charge in [0.2, 0.25) is 0 Å². The summed E-state index contributed by atoms with van der Waals surface area (Å²) >= 11 is 6.42. The second-order valence-corrected chi connectivity index (χ2v) is 24.3. The number of hydrogen-bond acceptors (Lipinski definition) is 10. The standard InChI is InChI=1S/C20H15NOS.C19H17NO.C18H15NO.C16H12BrNOS/c1-13-9-10-14-6-4-7-16(20(14)21-13)11-17(22)19-12-15-5-2-3-8-18(15)23-19;1-13-6-9-15(10-7-13)18(21)12-17-5-3-4-16-11-8-14(2)20-19(16)17;1-13-5-2-7-15(11-13)17(20)12-16-8-3-6-14-9-4-10-19-18(14)16;1-10-5-6-11-3-2-4-12(16(11)18-10)9-13(19)14-7-8-15(17)20-14/h2-10,12H,11H2,1H3;3-11H,12H2,1-2H3;2-11H,12H2,1H3;2-8H,9H2,1H3. The molecule has 8 nitrogen and oxygen atoms in total. The first-order chi connectivity index (χ1) is 40.7. The Morgan fingerprint density at radius 2 is 0.810 bits per heavy atom. The van der Waals surface area contributed by atoms with Crippen LogP contribution in [0.25, 0.3) is 53.7 Å². The van der Waals surface area contributed by atoms with Gasteiger partial charge in [-0.25, -0.2) is 0 Å². The molecule has 0 saturated carbocycles. The molecule has 84 heavy (non-hydrogen) atoms. The summed E-state index contributed by atoms with van der Waals surface area (Å²) in [5.41, 5.74) is 14.3. The lowest BCUT2D eigenvalue weighted by atomic mass is 9.99. The van der Waals surface area contributed by atoms with Crippen molar-refractivity contribution >= 4 is 115 Å². The van der Waals surface area contributed by atoms with Crippen molar-refractivity contribution in [2.75, 3.05) is 0 Å². The van der Waals surface area contributed by atoms with Crippen molar-refractivity contribution in [3.63, 3.8) is 0 Å². The van der Waals surface area contributed by atoms with Gasteiger partial charge in [0.05, 0.1) is 35.6 Å². The van der Waals surface area contributed by atoms with Crippen LogP contribution in [0.1, 0.15) is 90.5 Å². The summed E-state index contributed by atoms with van der Waals surface area (Å²) in [5.74, 6) is 0.552. The Hall–Kier alpha value is -9.00. The molecule has 6 aromatic heterocycles. The van der Waals surface area contributed by atoms with Crippen LogP contribution in [0.4, 0.5) is 0 Å². The van der Waals surface area contributed by atoms with Crippen molar-refractivity contribution in [1.82, 2.24) is 19.9 Å². The highest BCUT2D eigenvalue weighted by Crippen LogP contribution is 2.29. The minimum Gasteiger partial charge on any atom is -0.294 e. The van der Waals surface area contributed by atoms with E-state index >= 15 is 0 Å². The maximum Gasteiger partial charge on any atom is 0.177 e. The number of rotatable bonds is 12. The number of nitrogens with zero attached hydrogens (tertiary/aromatic N) is 4. The fraction of sp³-hybridized carbons (Fsp3) is 0.123. The first kappa shape index (κ1) is 58.2. The number of hydrogen-bond donors (Lipinski definition) is 0. The van der Waals surface area contributed by atoms with Crippen molar-refractivity contribution in [2.45, 2.75) is 60.3 Å². The third kappa shape index (κ3) is 14.6. The van der Waals surface area contributed by atoms with Gasteiger partial charge in [-0.05, 0) is 133 Å². The van der Waals surface area contributed by atoms with E-state index in [1.165, 1.54) is 11.3 Å². The van der Waals surface area contributed by atoms with E-state index in [9.17, 15) is 19.2 Å². The van der Waals surface area contributed by atoms with Crippen LogP contribution in [-0.2, 0) is 25.7 Å². The Labute approximate surface area is 505 Å². The number of pyridine rings is 4. The second-order valence-electron chi connectivity index (χ2n) is 20.7. The van der Waals surface area contributed by atoms with Crippen LogP contribution < -0.4 is 0 Å². The van der Waals surface area contributed by atoms with E-state index in [0.29, 0.717) is 25.7 Å². The van der Waals surface area contributed by atoms with Crippen molar-refractivity contribution in [3.05, 3.63) is 294 Å². The van der Waals surface area contributed by atoms with E-state index < -0.39 is 0 Å². The molecule has 11 heteroatoms. The predicted octanol–water partition coefficient (Wildman–Crippen LogP) is 18.2. The number of para-hydroxylation sites is 4. The van der Waals surface area contributed by atoms with Gasteiger partial charge in [0.15, 0.2) is 23.1 Å². The van der Waals surface area contributed by atoms with E-state index in [4.69, 9.17) is 0 Å². The Balaban J connectivity index is 0.000000125. The molecule has 13 aromatic rings. The van der Waals surface area contributed by atoms with Gasteiger partial charge in [-0.2, -0.15) is 0 Å². The van der Waals surface area contributed by atoms with Gasteiger partial charge in [0, 0.05) is 86.3 Å². The minimum absolute atomic E-state index is 0.130. The molecule has 0 spiro atoms. The summed E-state index contributed by atoms with van der Waals surface area (Å²) in [5, 5.41) is 5.44. The number of aromatic nitrogens is 4. The zero-order valence-corrected chi connectivity index (χ0v) is 50.4. The molecule has 0 unspecified atom stereocenters. The van der Waals surface area contributed by atoms with Crippen molar-refractivity contribution in [2.24, 2.45) is 0 Å². The number of carbonyl (C=O) groups excluding carboxylic acids is 4. The van der Waals surface area contributed by atoms with Crippen LogP contribution in [0.3, 0.4) is 0 Å². The van der Waals surface area contributed by atoms with E-state index in [-0.39, 0.29) is 23.1 Å². The van der Waals surface area contributed by atoms with Gasteiger partial charge in [-0.1, -0.05) is 169 Å². The van der Waals surface area contributed by atoms with Crippen LogP contribution >= 0.6 is 38.6 Å².